The molecule has 5 heteroatoms. The first-order valence-corrected chi connectivity index (χ1v) is 9.16. The van der Waals surface area contributed by atoms with Gasteiger partial charge in [0, 0.05) is 31.9 Å². The summed E-state index contributed by atoms with van der Waals surface area (Å²) in [6.07, 6.45) is 0. The van der Waals surface area contributed by atoms with Gasteiger partial charge in [-0.2, -0.15) is 0 Å². The quantitative estimate of drug-likeness (QED) is 0.840. The largest absolute Gasteiger partial charge is 0.492 e. The molecule has 1 aliphatic heterocycles. The van der Waals surface area contributed by atoms with Crippen LogP contribution in [0.3, 0.4) is 0 Å². The molecule has 2 amide bonds. The summed E-state index contributed by atoms with van der Waals surface area (Å²) in [7, 11) is 0. The predicted molar refractivity (Wildman–Crippen MR) is 105 cm³/mol. The molecule has 1 heterocycles. The molecule has 0 bridgehead atoms. The van der Waals surface area contributed by atoms with Gasteiger partial charge >= 0.3 is 6.03 Å². The first kappa shape index (κ1) is 18.1. The number of carbonyl (C=O) groups is 1. The van der Waals surface area contributed by atoms with Gasteiger partial charge < -0.3 is 19.9 Å². The highest BCUT2D eigenvalue weighted by Gasteiger charge is 2.20. The lowest BCUT2D eigenvalue weighted by Crippen LogP contribution is -2.52. The molecule has 0 saturated carbocycles. The van der Waals surface area contributed by atoms with Crippen molar-refractivity contribution in [3.05, 3.63) is 59.7 Å². The Bertz CT molecular complexity index is 705. The fraction of sp³-hybridized carbons (Fsp3) is 0.381. The van der Waals surface area contributed by atoms with Gasteiger partial charge in [0.05, 0.1) is 6.54 Å². The van der Waals surface area contributed by atoms with Gasteiger partial charge in [0.2, 0.25) is 0 Å². The number of nitrogens with one attached hydrogen (secondary N) is 1. The molecule has 1 N–H and O–H groups in total. The topological polar surface area (TPSA) is 44.8 Å². The lowest BCUT2D eigenvalue weighted by molar-refractivity contribution is 0.191. The SMILES string of the molecule is Cc1cc(C)cc(OCCNC(=O)N2CCN(c3ccccc3)CC2)c1. The summed E-state index contributed by atoms with van der Waals surface area (Å²) in [6, 6.07) is 16.5. The van der Waals surface area contributed by atoms with E-state index in [9.17, 15) is 4.79 Å². The molecule has 2 aromatic carbocycles. The van der Waals surface area contributed by atoms with E-state index in [-0.39, 0.29) is 6.03 Å². The summed E-state index contributed by atoms with van der Waals surface area (Å²) in [5.41, 5.74) is 3.58. The molecule has 2 aromatic rings. The van der Waals surface area contributed by atoms with Gasteiger partial charge in [-0.15, -0.1) is 0 Å². The first-order chi connectivity index (χ1) is 12.6. The normalized spacial score (nSPS) is 14.2. The molecule has 26 heavy (non-hydrogen) atoms. The van der Waals surface area contributed by atoms with Crippen LogP contribution in [0, 0.1) is 13.8 Å². The number of amides is 2. The monoisotopic (exact) mass is 353 g/mol. The number of benzene rings is 2. The highest BCUT2D eigenvalue weighted by Crippen LogP contribution is 2.16. The number of ether oxygens (including phenoxy) is 1. The van der Waals surface area contributed by atoms with Crippen LogP contribution in [0.25, 0.3) is 0 Å². The summed E-state index contributed by atoms with van der Waals surface area (Å²) < 4.78 is 5.74. The van der Waals surface area contributed by atoms with Crippen LogP contribution in [0.4, 0.5) is 10.5 Å². The average molecular weight is 353 g/mol. The molecular formula is C21H27N3O2. The van der Waals surface area contributed by atoms with Crippen molar-refractivity contribution < 1.29 is 9.53 Å². The van der Waals surface area contributed by atoms with Crippen LogP contribution in [0.15, 0.2) is 48.5 Å². The second-order valence-corrected chi connectivity index (χ2v) is 6.71. The zero-order valence-electron chi connectivity index (χ0n) is 15.6. The molecule has 3 rings (SSSR count). The van der Waals surface area contributed by atoms with Gasteiger partial charge in [-0.25, -0.2) is 4.79 Å². The Morgan fingerprint density at radius 3 is 2.31 bits per heavy atom. The van der Waals surface area contributed by atoms with Crippen molar-refractivity contribution in [1.29, 1.82) is 0 Å². The Labute approximate surface area is 155 Å². The van der Waals surface area contributed by atoms with Gasteiger partial charge in [0.1, 0.15) is 12.4 Å². The minimum Gasteiger partial charge on any atom is -0.492 e. The van der Waals surface area contributed by atoms with E-state index in [1.165, 1.54) is 16.8 Å². The number of carbonyl (C=O) groups excluding carboxylic acids is 1. The second-order valence-electron chi connectivity index (χ2n) is 6.71. The van der Waals surface area contributed by atoms with Gasteiger partial charge in [-0.3, -0.25) is 0 Å². The summed E-state index contributed by atoms with van der Waals surface area (Å²) in [4.78, 5) is 16.5. The molecule has 1 aliphatic rings. The number of aryl methyl sites for hydroxylation is 2. The van der Waals surface area contributed by atoms with Crippen molar-refractivity contribution >= 4 is 11.7 Å². The molecular weight excluding hydrogens is 326 g/mol. The second kappa shape index (κ2) is 8.61. The third-order valence-corrected chi connectivity index (χ3v) is 4.53. The molecule has 0 aliphatic carbocycles. The number of anilines is 1. The number of hydrogen-bond acceptors (Lipinski definition) is 3. The van der Waals surface area contributed by atoms with Crippen LogP contribution < -0.4 is 15.0 Å². The minimum atomic E-state index is -0.0123. The summed E-state index contributed by atoms with van der Waals surface area (Å²) >= 11 is 0. The van der Waals surface area contributed by atoms with Gasteiger partial charge in [-0.1, -0.05) is 24.3 Å². The van der Waals surface area contributed by atoms with E-state index >= 15 is 0 Å². The Hall–Kier alpha value is -2.69. The number of hydrogen-bond donors (Lipinski definition) is 1. The van der Waals surface area contributed by atoms with Crippen LogP contribution in [-0.4, -0.2) is 50.3 Å². The maximum Gasteiger partial charge on any atom is 0.317 e. The number of nitrogens with zero attached hydrogens (tertiary/aromatic N) is 2. The van der Waals surface area contributed by atoms with E-state index < -0.39 is 0 Å². The summed E-state index contributed by atoms with van der Waals surface area (Å²) in [5.74, 6) is 0.855. The summed E-state index contributed by atoms with van der Waals surface area (Å²) in [6.45, 7) is 8.26. The molecule has 1 saturated heterocycles. The maximum absolute atomic E-state index is 12.3. The molecule has 1 fully saturated rings. The molecule has 5 nitrogen and oxygen atoms in total. The van der Waals surface area contributed by atoms with Crippen LogP contribution in [0.1, 0.15) is 11.1 Å². The zero-order valence-corrected chi connectivity index (χ0v) is 15.6. The molecule has 138 valence electrons. The van der Waals surface area contributed by atoms with Crippen LogP contribution in [0.5, 0.6) is 5.75 Å². The fourth-order valence-corrected chi connectivity index (χ4v) is 3.26. The lowest BCUT2D eigenvalue weighted by Gasteiger charge is -2.36. The van der Waals surface area contributed by atoms with Crippen molar-refractivity contribution in [2.24, 2.45) is 0 Å². The number of piperazine rings is 1. The standard InChI is InChI=1S/C21H27N3O2/c1-17-14-18(2)16-20(15-17)26-13-8-22-21(25)24-11-9-23(10-12-24)19-6-4-3-5-7-19/h3-7,14-16H,8-13H2,1-2H3,(H,22,25). The predicted octanol–water partition coefficient (Wildman–Crippen LogP) is 3.21. The molecule has 0 unspecified atom stereocenters. The fourth-order valence-electron chi connectivity index (χ4n) is 3.26. The van der Waals surface area contributed by atoms with E-state index in [0.717, 1.165) is 31.9 Å². The molecule has 0 atom stereocenters. The van der Waals surface area contributed by atoms with Crippen molar-refractivity contribution in [2.45, 2.75) is 13.8 Å². The Morgan fingerprint density at radius 2 is 1.65 bits per heavy atom. The molecule has 0 aromatic heterocycles. The smallest absolute Gasteiger partial charge is 0.317 e. The number of rotatable bonds is 5. The van der Waals surface area contributed by atoms with Gasteiger partial charge in [-0.05, 0) is 49.2 Å². The minimum absolute atomic E-state index is 0.0123. The van der Waals surface area contributed by atoms with Crippen LogP contribution in [0.2, 0.25) is 0 Å². The van der Waals surface area contributed by atoms with Crippen molar-refractivity contribution in [3.63, 3.8) is 0 Å². The van der Waals surface area contributed by atoms with Crippen LogP contribution >= 0.6 is 0 Å². The first-order valence-electron chi connectivity index (χ1n) is 9.16. The third-order valence-electron chi connectivity index (χ3n) is 4.53. The number of urea groups is 1. The van der Waals surface area contributed by atoms with E-state index in [1.54, 1.807) is 0 Å². The van der Waals surface area contributed by atoms with Gasteiger partial charge in [0.25, 0.3) is 0 Å². The Kier molecular flexibility index (Phi) is 6.00. The zero-order chi connectivity index (χ0) is 18.4. The number of para-hydroxylation sites is 1. The maximum atomic E-state index is 12.3. The van der Waals surface area contributed by atoms with Gasteiger partial charge in [0.15, 0.2) is 0 Å². The highest BCUT2D eigenvalue weighted by molar-refractivity contribution is 5.74. The van der Waals surface area contributed by atoms with Crippen molar-refractivity contribution in [2.75, 3.05) is 44.2 Å². The Balaban J connectivity index is 1.38. The molecule has 0 radical (unpaired) electrons. The molecule has 0 spiro atoms. The van der Waals surface area contributed by atoms with Crippen molar-refractivity contribution in [1.82, 2.24) is 10.2 Å². The summed E-state index contributed by atoms with van der Waals surface area (Å²) in [5, 5.41) is 2.95. The average Bonchev–Trinajstić information content (AvgIpc) is 2.65. The van der Waals surface area contributed by atoms with E-state index in [0.29, 0.717) is 13.2 Å². The van der Waals surface area contributed by atoms with Crippen LogP contribution in [-0.2, 0) is 0 Å². The van der Waals surface area contributed by atoms with Crippen molar-refractivity contribution in [3.8, 4) is 5.75 Å². The Morgan fingerprint density at radius 1 is 1.00 bits per heavy atom. The van der Waals surface area contributed by atoms with E-state index in [1.807, 2.05) is 35.2 Å². The van der Waals surface area contributed by atoms with E-state index in [4.69, 9.17) is 4.74 Å². The lowest BCUT2D eigenvalue weighted by atomic mass is 10.1. The third kappa shape index (κ3) is 4.91. The van der Waals surface area contributed by atoms with E-state index in [2.05, 4.69) is 42.3 Å². The highest BCUT2D eigenvalue weighted by atomic mass is 16.5.